The summed E-state index contributed by atoms with van der Waals surface area (Å²) in [6.07, 6.45) is 2.15. The van der Waals surface area contributed by atoms with Crippen molar-refractivity contribution in [3.8, 4) is 5.75 Å². The van der Waals surface area contributed by atoms with Gasteiger partial charge in [0.25, 0.3) is 5.91 Å². The van der Waals surface area contributed by atoms with Crippen molar-refractivity contribution < 1.29 is 14.3 Å². The van der Waals surface area contributed by atoms with E-state index in [1.807, 2.05) is 29.2 Å². The molecule has 27 heavy (non-hydrogen) atoms. The molecule has 0 saturated carbocycles. The minimum Gasteiger partial charge on any atom is -0.497 e. The Hall–Kier alpha value is -2.86. The highest BCUT2D eigenvalue weighted by Gasteiger charge is 2.19. The van der Waals surface area contributed by atoms with Crippen LogP contribution in [0.3, 0.4) is 0 Å². The van der Waals surface area contributed by atoms with Crippen molar-refractivity contribution in [3.05, 3.63) is 59.7 Å². The van der Waals surface area contributed by atoms with Crippen LogP contribution in [0.15, 0.2) is 48.5 Å². The first kappa shape index (κ1) is 18.9. The van der Waals surface area contributed by atoms with Gasteiger partial charge in [0.05, 0.1) is 13.7 Å². The Morgan fingerprint density at radius 3 is 2.30 bits per heavy atom. The quantitative estimate of drug-likeness (QED) is 0.789. The SMILES string of the molecule is COc1ccc(CNCC(=O)Nc2ccc(C(=O)N3CCCC3)cc2)cc1. The summed E-state index contributed by atoms with van der Waals surface area (Å²) in [5, 5.41) is 5.95. The second-order valence-corrected chi connectivity index (χ2v) is 6.58. The van der Waals surface area contributed by atoms with Crippen molar-refractivity contribution >= 4 is 17.5 Å². The van der Waals surface area contributed by atoms with Gasteiger partial charge in [-0.25, -0.2) is 0 Å². The Balaban J connectivity index is 1.43. The third-order valence-electron chi connectivity index (χ3n) is 4.58. The summed E-state index contributed by atoms with van der Waals surface area (Å²) in [6, 6.07) is 14.8. The molecule has 0 unspecified atom stereocenters. The largest absolute Gasteiger partial charge is 0.497 e. The molecule has 2 amide bonds. The number of ether oxygens (including phenoxy) is 1. The van der Waals surface area contributed by atoms with Gasteiger partial charge in [-0.15, -0.1) is 0 Å². The lowest BCUT2D eigenvalue weighted by atomic mass is 10.2. The van der Waals surface area contributed by atoms with Crippen molar-refractivity contribution in [2.75, 3.05) is 32.1 Å². The van der Waals surface area contributed by atoms with E-state index in [0.29, 0.717) is 17.8 Å². The molecule has 0 aliphatic carbocycles. The van der Waals surface area contributed by atoms with E-state index in [9.17, 15) is 9.59 Å². The van der Waals surface area contributed by atoms with Crippen molar-refractivity contribution in [2.24, 2.45) is 0 Å². The van der Waals surface area contributed by atoms with Gasteiger partial charge < -0.3 is 20.3 Å². The predicted octanol–water partition coefficient (Wildman–Crippen LogP) is 2.66. The second-order valence-electron chi connectivity index (χ2n) is 6.58. The molecule has 2 aromatic rings. The molecule has 1 saturated heterocycles. The van der Waals surface area contributed by atoms with E-state index in [-0.39, 0.29) is 18.4 Å². The van der Waals surface area contributed by atoms with Crippen LogP contribution >= 0.6 is 0 Å². The number of methoxy groups -OCH3 is 1. The zero-order valence-corrected chi connectivity index (χ0v) is 15.5. The monoisotopic (exact) mass is 367 g/mol. The van der Waals surface area contributed by atoms with E-state index in [2.05, 4.69) is 10.6 Å². The normalized spacial score (nSPS) is 13.4. The van der Waals surface area contributed by atoms with Crippen LogP contribution in [0.1, 0.15) is 28.8 Å². The molecule has 0 radical (unpaired) electrons. The summed E-state index contributed by atoms with van der Waals surface area (Å²) in [7, 11) is 1.63. The summed E-state index contributed by atoms with van der Waals surface area (Å²) in [6.45, 7) is 2.47. The minimum atomic E-state index is -0.123. The van der Waals surface area contributed by atoms with Crippen LogP contribution in [-0.2, 0) is 11.3 Å². The van der Waals surface area contributed by atoms with Crippen LogP contribution < -0.4 is 15.4 Å². The van der Waals surface area contributed by atoms with Gasteiger partial charge in [0.1, 0.15) is 5.75 Å². The van der Waals surface area contributed by atoms with Gasteiger partial charge in [-0.3, -0.25) is 9.59 Å². The van der Waals surface area contributed by atoms with Crippen molar-refractivity contribution in [3.63, 3.8) is 0 Å². The number of hydrogen-bond acceptors (Lipinski definition) is 4. The molecule has 0 bridgehead atoms. The van der Waals surface area contributed by atoms with Gasteiger partial charge in [0, 0.05) is 30.9 Å². The van der Waals surface area contributed by atoms with E-state index < -0.39 is 0 Å². The zero-order chi connectivity index (χ0) is 19.1. The molecule has 1 fully saturated rings. The number of nitrogens with one attached hydrogen (secondary N) is 2. The molecule has 3 rings (SSSR count). The summed E-state index contributed by atoms with van der Waals surface area (Å²) in [5.74, 6) is 0.747. The maximum Gasteiger partial charge on any atom is 0.253 e. The number of carbonyl (C=O) groups is 2. The molecule has 142 valence electrons. The smallest absolute Gasteiger partial charge is 0.253 e. The van der Waals surface area contributed by atoms with E-state index in [4.69, 9.17) is 4.74 Å². The van der Waals surface area contributed by atoms with Crippen LogP contribution in [0.25, 0.3) is 0 Å². The highest BCUT2D eigenvalue weighted by Crippen LogP contribution is 2.15. The molecule has 6 heteroatoms. The van der Waals surface area contributed by atoms with Crippen LogP contribution in [0.5, 0.6) is 5.75 Å². The van der Waals surface area contributed by atoms with E-state index >= 15 is 0 Å². The lowest BCUT2D eigenvalue weighted by molar-refractivity contribution is -0.115. The van der Waals surface area contributed by atoms with Crippen LogP contribution in [0, 0.1) is 0 Å². The third-order valence-corrected chi connectivity index (χ3v) is 4.58. The molecule has 2 aromatic carbocycles. The number of carbonyl (C=O) groups excluding carboxylic acids is 2. The molecule has 6 nitrogen and oxygen atoms in total. The number of nitrogens with zero attached hydrogens (tertiary/aromatic N) is 1. The molecule has 1 aliphatic rings. The number of likely N-dealkylation sites (tertiary alicyclic amines) is 1. The standard InChI is InChI=1S/C21H25N3O3/c1-27-19-10-4-16(5-11-19)14-22-15-20(25)23-18-8-6-17(7-9-18)21(26)24-12-2-3-13-24/h4-11,22H,2-3,12-15H2,1H3,(H,23,25). The molecular formula is C21H25N3O3. The maximum atomic E-state index is 12.3. The number of hydrogen-bond donors (Lipinski definition) is 2. The molecule has 0 spiro atoms. The fraction of sp³-hybridized carbons (Fsp3) is 0.333. The van der Waals surface area contributed by atoms with E-state index in [1.54, 1.807) is 31.4 Å². The van der Waals surface area contributed by atoms with Crippen LogP contribution in [0.4, 0.5) is 5.69 Å². The first-order valence-electron chi connectivity index (χ1n) is 9.18. The molecule has 0 aromatic heterocycles. The second kappa shape index (κ2) is 9.19. The van der Waals surface area contributed by atoms with Gasteiger partial charge in [-0.05, 0) is 54.8 Å². The van der Waals surface area contributed by atoms with Crippen molar-refractivity contribution in [1.29, 1.82) is 0 Å². The average Bonchev–Trinajstić information content (AvgIpc) is 3.23. The molecule has 2 N–H and O–H groups in total. The van der Waals surface area contributed by atoms with E-state index in [1.165, 1.54) is 0 Å². The van der Waals surface area contributed by atoms with Gasteiger partial charge in [-0.1, -0.05) is 12.1 Å². The van der Waals surface area contributed by atoms with E-state index in [0.717, 1.165) is 37.2 Å². The topological polar surface area (TPSA) is 70.7 Å². The Bertz CT molecular complexity index is 766. The number of rotatable bonds is 7. The Kier molecular flexibility index (Phi) is 6.44. The zero-order valence-electron chi connectivity index (χ0n) is 15.5. The van der Waals surface area contributed by atoms with Gasteiger partial charge >= 0.3 is 0 Å². The molecule has 1 heterocycles. The first-order valence-corrected chi connectivity index (χ1v) is 9.18. The summed E-state index contributed by atoms with van der Waals surface area (Å²) in [4.78, 5) is 26.3. The number of benzene rings is 2. The Labute approximate surface area is 159 Å². The van der Waals surface area contributed by atoms with Crippen molar-refractivity contribution in [2.45, 2.75) is 19.4 Å². The fourth-order valence-electron chi connectivity index (χ4n) is 3.07. The predicted molar refractivity (Wildman–Crippen MR) is 105 cm³/mol. The fourth-order valence-corrected chi connectivity index (χ4v) is 3.07. The summed E-state index contributed by atoms with van der Waals surface area (Å²) >= 11 is 0. The third kappa shape index (κ3) is 5.31. The minimum absolute atomic E-state index is 0.0616. The van der Waals surface area contributed by atoms with Crippen LogP contribution in [0.2, 0.25) is 0 Å². The molecule has 0 atom stereocenters. The Morgan fingerprint density at radius 1 is 1.00 bits per heavy atom. The number of amides is 2. The maximum absolute atomic E-state index is 12.3. The molecule has 1 aliphatic heterocycles. The highest BCUT2D eigenvalue weighted by atomic mass is 16.5. The number of anilines is 1. The van der Waals surface area contributed by atoms with Gasteiger partial charge in [0.2, 0.25) is 5.91 Å². The summed E-state index contributed by atoms with van der Waals surface area (Å²) in [5.41, 5.74) is 2.42. The highest BCUT2D eigenvalue weighted by molar-refractivity contribution is 5.96. The average molecular weight is 367 g/mol. The van der Waals surface area contributed by atoms with Gasteiger partial charge in [-0.2, -0.15) is 0 Å². The lowest BCUT2D eigenvalue weighted by Gasteiger charge is -2.15. The van der Waals surface area contributed by atoms with Gasteiger partial charge in [0.15, 0.2) is 0 Å². The van der Waals surface area contributed by atoms with Crippen LogP contribution in [-0.4, -0.2) is 43.5 Å². The molecular weight excluding hydrogens is 342 g/mol. The lowest BCUT2D eigenvalue weighted by Crippen LogP contribution is -2.28. The summed E-state index contributed by atoms with van der Waals surface area (Å²) < 4.78 is 5.12. The van der Waals surface area contributed by atoms with Crippen molar-refractivity contribution in [1.82, 2.24) is 10.2 Å². The Morgan fingerprint density at radius 2 is 1.67 bits per heavy atom. The first-order chi connectivity index (χ1) is 13.2.